The summed E-state index contributed by atoms with van der Waals surface area (Å²) >= 11 is 0. The average molecular weight is 297 g/mol. The normalized spacial score (nSPS) is 26.2. The van der Waals surface area contributed by atoms with Crippen LogP contribution >= 0.6 is 0 Å². The molecule has 104 valence electrons. The van der Waals surface area contributed by atoms with E-state index in [0.29, 0.717) is 0 Å². The van der Waals surface area contributed by atoms with E-state index in [4.69, 9.17) is 0 Å². The molecule has 2 atom stereocenters. The third-order valence-electron chi connectivity index (χ3n) is 4.10. The monoisotopic (exact) mass is 296 g/mol. The zero-order valence-electron chi connectivity index (χ0n) is 13.9. The van der Waals surface area contributed by atoms with Crippen LogP contribution in [-0.4, -0.2) is 24.2 Å². The molecule has 0 amide bonds. The van der Waals surface area contributed by atoms with E-state index in [-0.39, 0.29) is 0 Å². The lowest BCUT2D eigenvalue weighted by molar-refractivity contribution is 0.927. The van der Waals surface area contributed by atoms with Crippen LogP contribution in [0.3, 0.4) is 0 Å². The van der Waals surface area contributed by atoms with Crippen molar-refractivity contribution in [3.63, 3.8) is 0 Å². The topological polar surface area (TPSA) is 0 Å². The van der Waals surface area contributed by atoms with Gasteiger partial charge in [0.15, 0.2) is 0 Å². The predicted molar refractivity (Wildman–Crippen MR) is 94.8 cm³/mol. The van der Waals surface area contributed by atoms with Crippen molar-refractivity contribution in [2.75, 3.05) is 0 Å². The van der Waals surface area contributed by atoms with E-state index in [9.17, 15) is 0 Å². The molecular weight excluding hydrogens is 264 g/mol. The van der Waals surface area contributed by atoms with E-state index < -0.39 is 24.2 Å². The van der Waals surface area contributed by atoms with Crippen LogP contribution in [-0.2, 0) is 0 Å². The molecular formula is C15H32Si3. The van der Waals surface area contributed by atoms with Crippen molar-refractivity contribution in [1.29, 1.82) is 0 Å². The maximum absolute atomic E-state index is 2.70. The Morgan fingerprint density at radius 2 is 1.17 bits per heavy atom. The standard InChI is InChI=1S/C15H32Si3/c1-16(2,3)13-10-11-14(17(4,5)6)15(12-13)18(7,8)9/h10-12,14-15H,1-9H3. The molecule has 0 spiro atoms. The minimum Gasteiger partial charge on any atom is -0.0846 e. The fraction of sp³-hybridized carbons (Fsp3) is 0.733. The molecule has 0 aliphatic heterocycles. The van der Waals surface area contributed by atoms with Gasteiger partial charge >= 0.3 is 0 Å². The highest BCUT2D eigenvalue weighted by atomic mass is 28.3. The van der Waals surface area contributed by atoms with Gasteiger partial charge in [-0.2, -0.15) is 0 Å². The molecule has 1 aliphatic rings. The van der Waals surface area contributed by atoms with Crippen LogP contribution in [0, 0.1) is 0 Å². The second-order valence-electron chi connectivity index (χ2n) is 9.01. The first-order valence-corrected chi connectivity index (χ1v) is 17.9. The molecule has 0 bridgehead atoms. The first-order valence-electron chi connectivity index (χ1n) is 7.24. The molecule has 0 aromatic rings. The van der Waals surface area contributed by atoms with Crippen molar-refractivity contribution in [1.82, 2.24) is 0 Å². The minimum absolute atomic E-state index is 0.851. The Hall–Kier alpha value is 0.131. The lowest BCUT2D eigenvalue weighted by atomic mass is 10.2. The van der Waals surface area contributed by atoms with Crippen LogP contribution in [0.25, 0.3) is 0 Å². The molecule has 0 radical (unpaired) electrons. The van der Waals surface area contributed by atoms with Crippen LogP contribution in [0.2, 0.25) is 70.0 Å². The number of hydrogen-bond donors (Lipinski definition) is 0. The van der Waals surface area contributed by atoms with Gasteiger partial charge in [0.2, 0.25) is 0 Å². The first kappa shape index (κ1) is 16.2. The number of hydrogen-bond acceptors (Lipinski definition) is 0. The molecule has 0 saturated heterocycles. The van der Waals surface area contributed by atoms with Crippen molar-refractivity contribution in [3.05, 3.63) is 23.4 Å². The molecule has 0 fully saturated rings. The Bertz CT molecular complexity index is 359. The van der Waals surface area contributed by atoms with Gasteiger partial charge in [-0.3, -0.25) is 0 Å². The minimum atomic E-state index is -1.15. The van der Waals surface area contributed by atoms with Crippen LogP contribution in [0.4, 0.5) is 0 Å². The molecule has 1 aliphatic carbocycles. The van der Waals surface area contributed by atoms with E-state index >= 15 is 0 Å². The second kappa shape index (κ2) is 4.91. The average Bonchev–Trinajstić information content (AvgIpc) is 2.12. The van der Waals surface area contributed by atoms with E-state index in [2.05, 4.69) is 77.2 Å². The molecule has 3 heteroatoms. The van der Waals surface area contributed by atoms with Gasteiger partial charge in [0.1, 0.15) is 0 Å². The summed E-state index contributed by atoms with van der Waals surface area (Å²) in [5, 5.41) is 1.68. The zero-order chi connectivity index (χ0) is 14.4. The van der Waals surface area contributed by atoms with Gasteiger partial charge in [-0.1, -0.05) is 82.3 Å². The highest BCUT2D eigenvalue weighted by molar-refractivity contribution is 6.86. The summed E-state index contributed by atoms with van der Waals surface area (Å²) in [4.78, 5) is 0. The Labute approximate surface area is 118 Å². The molecule has 0 aromatic heterocycles. The molecule has 0 nitrogen and oxygen atoms in total. The summed E-state index contributed by atoms with van der Waals surface area (Å²) in [7, 11) is -3.37. The van der Waals surface area contributed by atoms with Gasteiger partial charge in [0.05, 0.1) is 24.2 Å². The SMILES string of the molecule is C[Si](C)(C)C1=CC([Si](C)(C)C)C([Si](C)(C)C)C=C1. The van der Waals surface area contributed by atoms with Crippen LogP contribution in [0.5, 0.6) is 0 Å². The van der Waals surface area contributed by atoms with Crippen molar-refractivity contribution >= 4 is 24.2 Å². The Balaban J connectivity index is 3.18. The molecule has 0 saturated carbocycles. The van der Waals surface area contributed by atoms with E-state index in [1.54, 1.807) is 5.20 Å². The third-order valence-corrected chi connectivity index (χ3v) is 11.6. The fourth-order valence-corrected chi connectivity index (χ4v) is 11.0. The molecule has 2 unspecified atom stereocenters. The van der Waals surface area contributed by atoms with Crippen molar-refractivity contribution < 1.29 is 0 Å². The predicted octanol–water partition coefficient (Wildman–Crippen LogP) is 5.78. The van der Waals surface area contributed by atoms with E-state index in [0.717, 1.165) is 11.1 Å². The van der Waals surface area contributed by atoms with E-state index in [1.807, 2.05) is 0 Å². The van der Waals surface area contributed by atoms with Crippen molar-refractivity contribution in [2.24, 2.45) is 0 Å². The Kier molecular flexibility index (Phi) is 4.41. The van der Waals surface area contributed by atoms with Crippen LogP contribution in [0.1, 0.15) is 0 Å². The Morgan fingerprint density at radius 3 is 1.50 bits per heavy atom. The first-order chi connectivity index (χ1) is 7.83. The quantitative estimate of drug-likeness (QED) is 0.579. The van der Waals surface area contributed by atoms with Crippen molar-refractivity contribution in [3.8, 4) is 0 Å². The summed E-state index contributed by atoms with van der Waals surface area (Å²) in [5.74, 6) is 0. The molecule has 18 heavy (non-hydrogen) atoms. The number of rotatable bonds is 3. The third kappa shape index (κ3) is 3.81. The lowest BCUT2D eigenvalue weighted by Gasteiger charge is -2.42. The van der Waals surface area contributed by atoms with Gasteiger partial charge in [-0.25, -0.2) is 0 Å². The van der Waals surface area contributed by atoms with E-state index in [1.165, 1.54) is 0 Å². The van der Waals surface area contributed by atoms with Gasteiger partial charge in [0.25, 0.3) is 0 Å². The molecule has 0 heterocycles. The summed E-state index contributed by atoms with van der Waals surface area (Å²) < 4.78 is 0. The highest BCUT2D eigenvalue weighted by Gasteiger charge is 2.40. The summed E-state index contributed by atoms with van der Waals surface area (Å²) in [6.45, 7) is 22.6. The van der Waals surface area contributed by atoms with Gasteiger partial charge in [0, 0.05) is 0 Å². The summed E-state index contributed by atoms with van der Waals surface area (Å²) in [6, 6.07) is 0. The Morgan fingerprint density at radius 1 is 0.722 bits per heavy atom. The maximum atomic E-state index is 2.70. The maximum Gasteiger partial charge on any atom is 0.0771 e. The van der Waals surface area contributed by atoms with Gasteiger partial charge < -0.3 is 0 Å². The van der Waals surface area contributed by atoms with Crippen LogP contribution < -0.4 is 0 Å². The second-order valence-corrected chi connectivity index (χ2v) is 24.9. The lowest BCUT2D eigenvalue weighted by Crippen LogP contribution is -2.41. The summed E-state index contributed by atoms with van der Waals surface area (Å²) in [6.07, 6.45) is 7.76. The zero-order valence-corrected chi connectivity index (χ0v) is 16.9. The largest absolute Gasteiger partial charge is 0.0846 e. The molecule has 1 rings (SSSR count). The van der Waals surface area contributed by atoms with Gasteiger partial charge in [-0.15, -0.1) is 0 Å². The van der Waals surface area contributed by atoms with Gasteiger partial charge in [-0.05, 0) is 11.1 Å². The summed E-state index contributed by atoms with van der Waals surface area (Å²) in [5.41, 5.74) is 1.71. The smallest absolute Gasteiger partial charge is 0.0771 e. The fourth-order valence-electron chi connectivity index (χ4n) is 2.80. The number of allylic oxidation sites excluding steroid dienone is 4. The molecule has 0 aromatic carbocycles. The molecule has 0 N–H and O–H groups in total. The highest BCUT2D eigenvalue weighted by Crippen LogP contribution is 2.46. The van der Waals surface area contributed by atoms with Crippen molar-refractivity contribution in [2.45, 2.75) is 70.0 Å². The van der Waals surface area contributed by atoms with Crippen LogP contribution in [0.15, 0.2) is 23.4 Å².